The number of anilines is 3. The van der Waals surface area contributed by atoms with Crippen molar-refractivity contribution in [3.8, 4) is 17.1 Å². The second-order valence-electron chi connectivity index (χ2n) is 13.3. The number of aromatic nitrogens is 3. The van der Waals surface area contributed by atoms with E-state index in [1.807, 2.05) is 14.0 Å². The number of carbonyl (C=O) groups is 1. The van der Waals surface area contributed by atoms with Crippen LogP contribution >= 0.6 is 0 Å². The Bertz CT molecular complexity index is 1570. The third kappa shape index (κ3) is 5.92. The van der Waals surface area contributed by atoms with Crippen LogP contribution in [0, 0.1) is 18.8 Å². The number of carbonyl (C=O) groups excluding carboxylic acids is 1. The molecule has 3 aromatic rings. The van der Waals surface area contributed by atoms with Gasteiger partial charge >= 0.3 is 0 Å². The summed E-state index contributed by atoms with van der Waals surface area (Å²) in [5, 5.41) is 11.8. The number of nitrogens with zero attached hydrogens (tertiary/aromatic N) is 6. The minimum atomic E-state index is -0.294. The van der Waals surface area contributed by atoms with Gasteiger partial charge in [-0.15, -0.1) is 0 Å². The maximum Gasteiger partial charge on any atom is 0.280 e. The van der Waals surface area contributed by atoms with Crippen LogP contribution in [0.1, 0.15) is 67.4 Å². The first-order valence-corrected chi connectivity index (χ1v) is 16.2. The highest BCUT2D eigenvalue weighted by Crippen LogP contribution is 2.43. The highest BCUT2D eigenvalue weighted by atomic mass is 16.5. The fraction of sp³-hybridized carbons (Fsp3) is 0.529. The Labute approximate surface area is 259 Å². The third-order valence-electron chi connectivity index (χ3n) is 9.82. The van der Waals surface area contributed by atoms with E-state index in [1.165, 1.54) is 38.5 Å². The predicted octanol–water partition coefficient (Wildman–Crippen LogP) is 5.70. The second-order valence-corrected chi connectivity index (χ2v) is 13.3. The van der Waals surface area contributed by atoms with E-state index in [9.17, 15) is 4.79 Å². The number of ether oxygens (including phenoxy) is 1. The van der Waals surface area contributed by atoms with E-state index >= 15 is 0 Å². The van der Waals surface area contributed by atoms with Crippen molar-refractivity contribution in [3.63, 3.8) is 0 Å². The number of hydrogen-bond donors (Lipinski definition) is 2. The van der Waals surface area contributed by atoms with Crippen molar-refractivity contribution >= 4 is 28.9 Å². The van der Waals surface area contributed by atoms with E-state index in [1.54, 1.807) is 23.0 Å². The van der Waals surface area contributed by atoms with E-state index in [-0.39, 0.29) is 5.91 Å². The van der Waals surface area contributed by atoms with Gasteiger partial charge in [-0.2, -0.15) is 10.1 Å². The zero-order valence-corrected chi connectivity index (χ0v) is 26.3. The maximum atomic E-state index is 13.8. The number of aliphatic imine (C=N–C) groups is 1. The maximum absolute atomic E-state index is 13.8. The van der Waals surface area contributed by atoms with E-state index in [4.69, 9.17) is 14.7 Å². The first-order chi connectivity index (χ1) is 21.3. The molecular weight excluding hydrogens is 552 g/mol. The van der Waals surface area contributed by atoms with Crippen LogP contribution in [0.15, 0.2) is 41.5 Å². The number of guanidine groups is 1. The van der Waals surface area contributed by atoms with Crippen molar-refractivity contribution in [2.24, 2.45) is 23.9 Å². The molecule has 2 aliphatic heterocycles. The van der Waals surface area contributed by atoms with Crippen LogP contribution < -0.4 is 20.3 Å². The average Bonchev–Trinajstić information content (AvgIpc) is 3.71. The lowest BCUT2D eigenvalue weighted by Crippen LogP contribution is -2.36. The number of nitrogens with one attached hydrogen (secondary N) is 2. The summed E-state index contributed by atoms with van der Waals surface area (Å²) in [6.07, 6.45) is 11.0. The highest BCUT2D eigenvalue weighted by Gasteiger charge is 2.36. The van der Waals surface area contributed by atoms with Crippen LogP contribution in [0.2, 0.25) is 0 Å². The molecule has 2 aromatic heterocycles. The Morgan fingerprint density at radius 3 is 2.61 bits per heavy atom. The molecule has 2 fully saturated rings. The molecule has 7 rings (SSSR count). The third-order valence-corrected chi connectivity index (χ3v) is 9.82. The van der Waals surface area contributed by atoms with Gasteiger partial charge in [-0.05, 0) is 115 Å². The summed E-state index contributed by atoms with van der Waals surface area (Å²) in [5.41, 5.74) is 5.87. The largest absolute Gasteiger partial charge is 0.477 e. The first kappa shape index (κ1) is 28.8. The molecule has 4 heterocycles. The highest BCUT2D eigenvalue weighted by molar-refractivity contribution is 6.19. The lowest BCUT2D eigenvalue weighted by Gasteiger charge is -2.33. The van der Waals surface area contributed by atoms with Crippen molar-refractivity contribution in [2.45, 2.75) is 70.4 Å². The number of fused-ring (bicyclic) bond motifs is 7. The van der Waals surface area contributed by atoms with Gasteiger partial charge < -0.3 is 25.2 Å². The molecular formula is C34H44N8O2. The molecule has 232 valence electrons. The number of aryl methyl sites for hydroxylation is 2. The fourth-order valence-electron chi connectivity index (χ4n) is 7.17. The van der Waals surface area contributed by atoms with Gasteiger partial charge in [0.05, 0.1) is 35.4 Å². The predicted molar refractivity (Wildman–Crippen MR) is 175 cm³/mol. The topological polar surface area (TPSA) is 99.9 Å². The molecule has 4 aliphatic rings. The molecule has 1 unspecified atom stereocenters. The summed E-state index contributed by atoms with van der Waals surface area (Å²) in [6.45, 7) is 3.32. The lowest BCUT2D eigenvalue weighted by molar-refractivity contribution is 0.100. The van der Waals surface area contributed by atoms with Crippen LogP contribution in [0.4, 0.5) is 17.1 Å². The summed E-state index contributed by atoms with van der Waals surface area (Å²) < 4.78 is 8.04. The molecule has 44 heavy (non-hydrogen) atoms. The smallest absolute Gasteiger partial charge is 0.280 e. The van der Waals surface area contributed by atoms with Crippen molar-refractivity contribution in [1.29, 1.82) is 0 Å². The molecule has 0 radical (unpaired) electrons. The van der Waals surface area contributed by atoms with E-state index in [2.05, 4.69) is 57.8 Å². The normalized spacial score (nSPS) is 25.0. The number of benzene rings is 1. The molecule has 1 aromatic carbocycles. The van der Waals surface area contributed by atoms with Crippen molar-refractivity contribution < 1.29 is 9.53 Å². The van der Waals surface area contributed by atoms with Gasteiger partial charge in [0, 0.05) is 42.6 Å². The number of amides is 1. The Morgan fingerprint density at radius 1 is 1.02 bits per heavy atom. The second kappa shape index (κ2) is 11.9. The number of rotatable bonds is 4. The minimum Gasteiger partial charge on any atom is -0.477 e. The molecule has 2 aliphatic carbocycles. The van der Waals surface area contributed by atoms with Crippen LogP contribution in [-0.4, -0.2) is 70.9 Å². The van der Waals surface area contributed by atoms with Crippen LogP contribution in [-0.2, 0) is 7.05 Å². The summed E-state index contributed by atoms with van der Waals surface area (Å²) >= 11 is 0. The van der Waals surface area contributed by atoms with Crippen molar-refractivity contribution in [2.75, 3.05) is 42.8 Å². The van der Waals surface area contributed by atoms with Gasteiger partial charge in [-0.3, -0.25) is 9.78 Å². The molecule has 2 saturated carbocycles. The molecule has 10 nitrogen and oxygen atoms in total. The van der Waals surface area contributed by atoms with Crippen molar-refractivity contribution in [1.82, 2.24) is 19.7 Å². The monoisotopic (exact) mass is 596 g/mol. The van der Waals surface area contributed by atoms with Gasteiger partial charge in [-0.25, -0.2) is 4.68 Å². The SMILES string of the molecule is Cc1cc2cc(n1)-c1cnn(C)c1OCCCC(C1CC1)CN1/C(=N/C2=O)Nc2cc(NC3CCC(N(C)C)CC3)ccc21. The van der Waals surface area contributed by atoms with Crippen LogP contribution in [0.3, 0.4) is 0 Å². The molecule has 1 amide bonds. The molecule has 1 atom stereocenters. The van der Waals surface area contributed by atoms with Gasteiger partial charge in [-0.1, -0.05) is 0 Å². The van der Waals surface area contributed by atoms with Gasteiger partial charge in [0.1, 0.15) is 0 Å². The molecule has 2 bridgehead atoms. The molecule has 0 spiro atoms. The quantitative estimate of drug-likeness (QED) is 0.396. The fourth-order valence-corrected chi connectivity index (χ4v) is 7.17. The Kier molecular flexibility index (Phi) is 7.78. The molecule has 0 saturated heterocycles. The van der Waals surface area contributed by atoms with E-state index in [0.29, 0.717) is 53.6 Å². The molecule has 10 heteroatoms. The zero-order valence-electron chi connectivity index (χ0n) is 26.3. The van der Waals surface area contributed by atoms with Gasteiger partial charge in [0.15, 0.2) is 0 Å². The summed E-state index contributed by atoms with van der Waals surface area (Å²) in [4.78, 5) is 27.8. The lowest BCUT2D eigenvalue weighted by atomic mass is 9.90. The Morgan fingerprint density at radius 2 is 1.84 bits per heavy atom. The van der Waals surface area contributed by atoms with E-state index < -0.39 is 0 Å². The van der Waals surface area contributed by atoms with Gasteiger partial charge in [0.2, 0.25) is 11.8 Å². The standard InChI is InChI=1S/C34H44N8O2/c1-21-16-24-17-29(36-21)28-19-35-41(4)33(28)44-15-5-6-23(22-7-8-22)20-42-31-14-11-26(18-30(31)38-34(42)39-32(24)43)37-25-9-12-27(13-10-25)40(2)3/h11,14,16-19,22-23,25,27,37H,5-10,12-13,15,20H2,1-4H3,(H,38,39,43). The average molecular weight is 597 g/mol. The summed E-state index contributed by atoms with van der Waals surface area (Å²) in [6, 6.07) is 11.3. The molecule has 2 N–H and O–H groups in total. The zero-order chi connectivity index (χ0) is 30.4. The van der Waals surface area contributed by atoms with Crippen molar-refractivity contribution in [3.05, 3.63) is 47.8 Å². The summed E-state index contributed by atoms with van der Waals surface area (Å²) in [7, 11) is 6.24. The number of hydrogen-bond acceptors (Lipinski definition) is 8. The Hall–Kier alpha value is -3.92. The van der Waals surface area contributed by atoms with E-state index in [0.717, 1.165) is 47.7 Å². The number of pyridine rings is 1. The summed E-state index contributed by atoms with van der Waals surface area (Å²) in [5.74, 6) is 2.16. The minimum absolute atomic E-state index is 0.294. The first-order valence-electron chi connectivity index (χ1n) is 16.2. The van der Waals surface area contributed by atoms with Gasteiger partial charge in [0.25, 0.3) is 5.91 Å². The van der Waals surface area contributed by atoms with Crippen LogP contribution in [0.25, 0.3) is 11.3 Å². The van der Waals surface area contributed by atoms with Crippen LogP contribution in [0.5, 0.6) is 5.88 Å². The Balaban J connectivity index is 1.20.